The zero-order chi connectivity index (χ0) is 23.7. The largest absolute Gasteiger partial charge is 0.393 e. The van der Waals surface area contributed by atoms with Gasteiger partial charge in [-0.1, -0.05) is 56.5 Å². The van der Waals surface area contributed by atoms with Crippen molar-refractivity contribution >= 4 is 0 Å². The molecule has 0 aromatic rings. The molecule has 2 N–H and O–H groups in total. The molecule has 0 spiro atoms. The van der Waals surface area contributed by atoms with E-state index in [-0.39, 0.29) is 11.9 Å². The van der Waals surface area contributed by atoms with Crippen LogP contribution in [0.3, 0.4) is 0 Å². The molecule has 0 aliphatic heterocycles. The minimum absolute atomic E-state index is 0.204. The number of hydrogen-bond acceptors (Lipinski definition) is 2. The van der Waals surface area contributed by atoms with E-state index in [9.17, 15) is 10.2 Å². The molecule has 0 heterocycles. The molecule has 0 aromatic carbocycles. The Balaban J connectivity index is 1.79. The van der Waals surface area contributed by atoms with Crippen LogP contribution >= 0.6 is 0 Å². The molecule has 2 heteroatoms. The highest BCUT2D eigenvalue weighted by atomic mass is 16.3. The third-order valence-corrected chi connectivity index (χ3v) is 8.14. The maximum absolute atomic E-state index is 10.1. The molecule has 3 saturated carbocycles. The third kappa shape index (κ3) is 5.44. The lowest BCUT2D eigenvalue weighted by Crippen LogP contribution is -2.36. The Labute approximate surface area is 183 Å². The van der Waals surface area contributed by atoms with Crippen molar-refractivity contribution in [1.29, 1.82) is 0 Å². The summed E-state index contributed by atoms with van der Waals surface area (Å²) in [5.74, 6) is 1.82. The summed E-state index contributed by atoms with van der Waals surface area (Å²) in [6, 6.07) is 0.414. The van der Waals surface area contributed by atoms with Gasteiger partial charge >= 0.3 is 0 Å². The minimum atomic E-state index is -0.585. The molecule has 5 atom stereocenters. The Morgan fingerprint density at radius 3 is 2.86 bits per heavy atom. The molecule has 3 fully saturated rings. The van der Waals surface area contributed by atoms with Gasteiger partial charge in [0.25, 0.3) is 0 Å². The van der Waals surface area contributed by atoms with E-state index >= 15 is 0 Å². The van der Waals surface area contributed by atoms with Crippen molar-refractivity contribution in [2.45, 2.75) is 110 Å². The van der Waals surface area contributed by atoms with Gasteiger partial charge in [-0.25, -0.2) is 0 Å². The second-order valence-electron chi connectivity index (χ2n) is 11.0. The Kier molecular flexibility index (Phi) is 5.92. The van der Waals surface area contributed by atoms with Crippen molar-refractivity contribution in [3.05, 3.63) is 35.4 Å². The first kappa shape index (κ1) is 18.9. The summed E-state index contributed by atoms with van der Waals surface area (Å²) >= 11 is 0. The number of rotatable bonds is 6. The molecule has 3 aliphatic rings. The maximum atomic E-state index is 10.1. The summed E-state index contributed by atoms with van der Waals surface area (Å²) in [7, 11) is 0. The fourth-order valence-electron chi connectivity index (χ4n) is 6.49. The van der Waals surface area contributed by atoms with Crippen LogP contribution in [0, 0.1) is 23.2 Å². The summed E-state index contributed by atoms with van der Waals surface area (Å²) in [6.07, 6.45) is 12.0. The lowest BCUT2D eigenvalue weighted by molar-refractivity contribution is 0.0596. The highest BCUT2D eigenvalue weighted by molar-refractivity contribution is 5.36. The van der Waals surface area contributed by atoms with Crippen molar-refractivity contribution < 1.29 is 14.3 Å². The molecule has 0 aromatic heterocycles. The van der Waals surface area contributed by atoms with E-state index in [0.717, 1.165) is 32.1 Å². The first-order chi connectivity index (χ1) is 14.9. The van der Waals surface area contributed by atoms with Gasteiger partial charge in [0.15, 0.2) is 0 Å². The van der Waals surface area contributed by atoms with E-state index in [1.165, 1.54) is 24.8 Å². The second kappa shape index (κ2) is 9.10. The van der Waals surface area contributed by atoms with Crippen LogP contribution in [0.5, 0.6) is 0 Å². The topological polar surface area (TPSA) is 40.5 Å². The number of hydrogen-bond donors (Lipinski definition) is 2. The molecule has 0 amide bonds. The lowest BCUT2D eigenvalue weighted by atomic mass is 9.60. The van der Waals surface area contributed by atoms with Crippen LogP contribution in [0.4, 0.5) is 0 Å². The van der Waals surface area contributed by atoms with Crippen molar-refractivity contribution in [3.8, 4) is 0 Å². The van der Waals surface area contributed by atoms with Crippen molar-refractivity contribution in [2.24, 2.45) is 23.2 Å². The van der Waals surface area contributed by atoms with E-state index in [1.54, 1.807) is 0 Å². The average Bonchev–Trinajstić information content (AvgIpc) is 3.04. The summed E-state index contributed by atoms with van der Waals surface area (Å²) in [4.78, 5) is 0. The summed E-state index contributed by atoms with van der Waals surface area (Å²) in [5.41, 5.74) is 2.40. The van der Waals surface area contributed by atoms with Gasteiger partial charge in [0.1, 0.15) is 0 Å². The van der Waals surface area contributed by atoms with Crippen LogP contribution < -0.4 is 0 Å². The SMILES string of the molecule is [2H]C([2H])=C1CC[C@H](O)C/C1=C([2H])/C=C1\CCC[C@]2(C)[C@@H]([C@H](C)CCCC(C)(C)O)CC[C@@H]12. The normalized spacial score (nSPS) is 38.8. The smallest absolute Gasteiger partial charge is 0.0626 e. The number of aliphatic hydroxyl groups excluding tert-OH is 1. The van der Waals surface area contributed by atoms with Gasteiger partial charge in [-0.2, -0.15) is 0 Å². The molecule has 2 nitrogen and oxygen atoms in total. The zero-order valence-electron chi connectivity index (χ0n) is 22.1. The Bertz CT molecular complexity index is 772. The molecule has 3 rings (SSSR count). The van der Waals surface area contributed by atoms with Gasteiger partial charge in [-0.3, -0.25) is 0 Å². The maximum Gasteiger partial charge on any atom is 0.0626 e. The van der Waals surface area contributed by atoms with E-state index < -0.39 is 11.7 Å². The average molecular weight is 404 g/mol. The molecule has 0 bridgehead atoms. The summed E-state index contributed by atoms with van der Waals surface area (Å²) < 4.78 is 24.4. The molecule has 29 heavy (non-hydrogen) atoms. The van der Waals surface area contributed by atoms with Crippen LogP contribution in [0.25, 0.3) is 0 Å². The van der Waals surface area contributed by atoms with Crippen LogP contribution in [-0.4, -0.2) is 21.9 Å². The Morgan fingerprint density at radius 1 is 1.34 bits per heavy atom. The van der Waals surface area contributed by atoms with Crippen LogP contribution in [0.2, 0.25) is 0 Å². The van der Waals surface area contributed by atoms with Gasteiger partial charge < -0.3 is 10.2 Å². The van der Waals surface area contributed by atoms with Gasteiger partial charge in [-0.05, 0) is 100 Å². The van der Waals surface area contributed by atoms with Gasteiger partial charge in [-0.15, -0.1) is 0 Å². The molecular weight excluding hydrogens is 356 g/mol. The fraction of sp³-hybridized carbons (Fsp3) is 0.778. The highest BCUT2D eigenvalue weighted by Gasteiger charge is 2.50. The highest BCUT2D eigenvalue weighted by Crippen LogP contribution is 2.60. The zero-order valence-corrected chi connectivity index (χ0v) is 19.1. The molecule has 0 saturated heterocycles. The predicted molar refractivity (Wildman–Crippen MR) is 123 cm³/mol. The molecular formula is C27H44O2. The number of aliphatic hydroxyl groups is 2. The van der Waals surface area contributed by atoms with E-state index in [0.29, 0.717) is 54.2 Å². The van der Waals surface area contributed by atoms with Gasteiger partial charge in [0.05, 0.1) is 15.8 Å². The Hall–Kier alpha value is -0.860. The van der Waals surface area contributed by atoms with Crippen LogP contribution in [0.1, 0.15) is 102 Å². The first-order valence-electron chi connectivity index (χ1n) is 13.4. The van der Waals surface area contributed by atoms with E-state index in [1.807, 2.05) is 19.9 Å². The fourth-order valence-corrected chi connectivity index (χ4v) is 6.49. The molecule has 0 radical (unpaired) electrons. The van der Waals surface area contributed by atoms with Gasteiger partial charge in [0, 0.05) is 0 Å². The van der Waals surface area contributed by atoms with Crippen LogP contribution in [0.15, 0.2) is 35.4 Å². The summed E-state index contributed by atoms with van der Waals surface area (Å²) in [6.45, 7) is 8.44. The van der Waals surface area contributed by atoms with Crippen molar-refractivity contribution in [3.63, 3.8) is 0 Å². The molecule has 164 valence electrons. The van der Waals surface area contributed by atoms with Crippen LogP contribution in [-0.2, 0) is 0 Å². The summed E-state index contributed by atoms with van der Waals surface area (Å²) in [5, 5.41) is 20.2. The second-order valence-corrected chi connectivity index (χ2v) is 11.0. The van der Waals surface area contributed by atoms with Gasteiger partial charge in [0.2, 0.25) is 0 Å². The monoisotopic (exact) mass is 403 g/mol. The minimum Gasteiger partial charge on any atom is -0.393 e. The van der Waals surface area contributed by atoms with Crippen molar-refractivity contribution in [1.82, 2.24) is 0 Å². The predicted octanol–water partition coefficient (Wildman–Crippen LogP) is 6.73. The first-order valence-corrected chi connectivity index (χ1v) is 11.9. The Morgan fingerprint density at radius 2 is 2.14 bits per heavy atom. The number of allylic oxidation sites excluding steroid dienone is 4. The van der Waals surface area contributed by atoms with E-state index in [4.69, 9.17) is 4.11 Å². The van der Waals surface area contributed by atoms with E-state index in [2.05, 4.69) is 13.8 Å². The number of fused-ring (bicyclic) bond motifs is 1. The standard InChI is InChI=1S/C27H44O2/c1-19-10-13-23(28)18-22(19)12-11-21-9-7-17-27(5)24(14-15-25(21)27)20(2)8-6-16-26(3,4)29/h11-12,20,23-25,28-29H,1,6-10,13-18H2,2-5H3/b21-11+,22-12-/t20-,23+,24-,25+,27-/m1/s1/i1D2,12D. The molecule has 3 aliphatic carbocycles. The third-order valence-electron chi connectivity index (χ3n) is 8.14. The quantitative estimate of drug-likeness (QED) is 0.516. The lowest BCUT2D eigenvalue weighted by Gasteiger charge is -2.44. The van der Waals surface area contributed by atoms with Crippen molar-refractivity contribution in [2.75, 3.05) is 0 Å². The molecule has 0 unspecified atom stereocenters.